The lowest BCUT2D eigenvalue weighted by atomic mass is 10.1. The Hall–Kier alpha value is -3.45. The maximum absolute atomic E-state index is 5.38. The first-order valence-electron chi connectivity index (χ1n) is 9.04. The molecule has 4 aromatic rings. The minimum Gasteiger partial charge on any atom is -0.337 e. The van der Waals surface area contributed by atoms with Crippen molar-refractivity contribution in [3.05, 3.63) is 78.2 Å². The topological polar surface area (TPSA) is 89.6 Å². The van der Waals surface area contributed by atoms with E-state index in [9.17, 15) is 0 Å². The van der Waals surface area contributed by atoms with Crippen LogP contribution in [0.2, 0.25) is 0 Å². The van der Waals surface area contributed by atoms with Crippen molar-refractivity contribution in [2.75, 3.05) is 0 Å². The molecule has 1 aromatic carbocycles. The molecule has 7 heteroatoms. The number of nitrogens with one attached hydrogen (secondary N) is 1. The van der Waals surface area contributed by atoms with Crippen molar-refractivity contribution in [2.45, 2.75) is 26.4 Å². The van der Waals surface area contributed by atoms with E-state index >= 15 is 0 Å². The molecular weight excluding hydrogens is 352 g/mol. The van der Waals surface area contributed by atoms with Crippen LogP contribution < -0.4 is 5.32 Å². The Morgan fingerprint density at radius 3 is 2.54 bits per heavy atom. The Labute approximate surface area is 162 Å². The summed E-state index contributed by atoms with van der Waals surface area (Å²) in [5.74, 6) is 1.81. The molecule has 0 aliphatic heterocycles. The Balaban J connectivity index is 1.38. The second kappa shape index (κ2) is 8.06. The third-order valence-corrected chi connectivity index (χ3v) is 4.34. The highest BCUT2D eigenvalue weighted by atomic mass is 16.5. The second-order valence-corrected chi connectivity index (χ2v) is 6.58. The maximum atomic E-state index is 5.38. The Bertz CT molecular complexity index is 1050. The van der Waals surface area contributed by atoms with Gasteiger partial charge in [-0.15, -0.1) is 0 Å². The molecule has 0 fully saturated rings. The predicted octanol–water partition coefficient (Wildman–Crippen LogP) is 3.75. The van der Waals surface area contributed by atoms with Crippen LogP contribution in [-0.4, -0.2) is 25.1 Å². The van der Waals surface area contributed by atoms with Gasteiger partial charge in [-0.3, -0.25) is 4.98 Å². The van der Waals surface area contributed by atoms with Crippen LogP contribution >= 0.6 is 0 Å². The van der Waals surface area contributed by atoms with Crippen molar-refractivity contribution >= 4 is 0 Å². The molecule has 28 heavy (non-hydrogen) atoms. The minimum atomic E-state index is -0.0977. The van der Waals surface area contributed by atoms with E-state index in [1.165, 1.54) is 5.56 Å². The van der Waals surface area contributed by atoms with Gasteiger partial charge >= 0.3 is 0 Å². The Kier molecular flexibility index (Phi) is 5.16. The van der Waals surface area contributed by atoms with Crippen molar-refractivity contribution in [1.82, 2.24) is 30.4 Å². The van der Waals surface area contributed by atoms with Crippen molar-refractivity contribution in [2.24, 2.45) is 0 Å². The van der Waals surface area contributed by atoms with Crippen molar-refractivity contribution in [3.63, 3.8) is 0 Å². The second-order valence-electron chi connectivity index (χ2n) is 6.58. The van der Waals surface area contributed by atoms with Crippen LogP contribution in [0.5, 0.6) is 0 Å². The van der Waals surface area contributed by atoms with Crippen molar-refractivity contribution in [1.29, 1.82) is 0 Å². The molecule has 0 amide bonds. The summed E-state index contributed by atoms with van der Waals surface area (Å²) in [5, 5.41) is 7.40. The average molecular weight is 372 g/mol. The van der Waals surface area contributed by atoms with E-state index in [2.05, 4.69) is 49.5 Å². The first-order chi connectivity index (χ1) is 13.7. The number of pyridine rings is 1. The SMILES string of the molecule is Cc1cccc(-c2ncc(CN[C@H](C)c3nc(-c4ccncc4)no3)cn2)c1. The third kappa shape index (κ3) is 4.10. The van der Waals surface area contributed by atoms with Crippen LogP contribution in [-0.2, 0) is 6.54 Å². The van der Waals surface area contributed by atoms with Crippen molar-refractivity contribution in [3.8, 4) is 22.8 Å². The fraction of sp³-hybridized carbons (Fsp3) is 0.190. The molecule has 0 aliphatic carbocycles. The van der Waals surface area contributed by atoms with Crippen LogP contribution in [0.25, 0.3) is 22.8 Å². The molecule has 0 spiro atoms. The van der Waals surface area contributed by atoms with Gasteiger partial charge in [-0.2, -0.15) is 4.98 Å². The smallest absolute Gasteiger partial charge is 0.243 e. The number of rotatable bonds is 6. The van der Waals surface area contributed by atoms with Gasteiger partial charge in [-0.05, 0) is 32.0 Å². The van der Waals surface area contributed by atoms with Crippen LogP contribution in [0.3, 0.4) is 0 Å². The molecule has 1 atom stereocenters. The van der Waals surface area contributed by atoms with Gasteiger partial charge in [0.2, 0.25) is 11.7 Å². The summed E-state index contributed by atoms with van der Waals surface area (Å²) in [6.45, 7) is 4.63. The normalized spacial score (nSPS) is 12.1. The lowest BCUT2D eigenvalue weighted by molar-refractivity contribution is 0.339. The monoisotopic (exact) mass is 372 g/mol. The molecule has 0 aliphatic rings. The predicted molar refractivity (Wildman–Crippen MR) is 105 cm³/mol. The van der Waals surface area contributed by atoms with Gasteiger partial charge in [0.15, 0.2) is 5.82 Å². The highest BCUT2D eigenvalue weighted by molar-refractivity contribution is 5.55. The minimum absolute atomic E-state index is 0.0977. The zero-order valence-corrected chi connectivity index (χ0v) is 15.7. The van der Waals surface area contributed by atoms with Gasteiger partial charge in [0.25, 0.3) is 0 Å². The molecule has 4 rings (SSSR count). The molecule has 0 saturated heterocycles. The Morgan fingerprint density at radius 1 is 1.00 bits per heavy atom. The Morgan fingerprint density at radius 2 is 1.79 bits per heavy atom. The number of hydrogen-bond acceptors (Lipinski definition) is 7. The summed E-state index contributed by atoms with van der Waals surface area (Å²) in [7, 11) is 0. The molecule has 0 unspecified atom stereocenters. The van der Waals surface area contributed by atoms with Gasteiger partial charge in [-0.25, -0.2) is 9.97 Å². The first-order valence-corrected chi connectivity index (χ1v) is 9.04. The molecule has 0 saturated carbocycles. The third-order valence-electron chi connectivity index (χ3n) is 4.34. The summed E-state index contributed by atoms with van der Waals surface area (Å²) in [4.78, 5) is 17.4. The molecule has 1 N–H and O–H groups in total. The average Bonchev–Trinajstić information content (AvgIpc) is 3.23. The number of aromatic nitrogens is 5. The zero-order chi connectivity index (χ0) is 19.3. The van der Waals surface area contributed by atoms with Gasteiger partial charge < -0.3 is 9.84 Å². The van der Waals surface area contributed by atoms with E-state index in [0.717, 1.165) is 22.5 Å². The lowest BCUT2D eigenvalue weighted by Gasteiger charge is -2.09. The maximum Gasteiger partial charge on any atom is 0.243 e. The molecule has 3 aromatic heterocycles. The fourth-order valence-electron chi connectivity index (χ4n) is 2.77. The standard InChI is InChI=1S/C21H20N6O/c1-14-4-3-5-18(10-14)19-24-12-16(13-25-19)11-23-15(2)21-26-20(27-28-21)17-6-8-22-9-7-17/h3-10,12-13,15,23H,11H2,1-2H3/t15-/m1/s1. The summed E-state index contributed by atoms with van der Waals surface area (Å²) >= 11 is 0. The summed E-state index contributed by atoms with van der Waals surface area (Å²) in [5.41, 5.74) is 4.06. The summed E-state index contributed by atoms with van der Waals surface area (Å²) in [6, 6.07) is 11.7. The highest BCUT2D eigenvalue weighted by Crippen LogP contribution is 2.19. The molecule has 140 valence electrons. The summed E-state index contributed by atoms with van der Waals surface area (Å²) in [6.07, 6.45) is 7.07. The molecule has 3 heterocycles. The van der Waals surface area contributed by atoms with Crippen LogP contribution in [0, 0.1) is 6.92 Å². The quantitative estimate of drug-likeness (QED) is 0.551. The van der Waals surface area contributed by atoms with E-state index in [-0.39, 0.29) is 6.04 Å². The van der Waals surface area contributed by atoms with Gasteiger partial charge in [0.1, 0.15) is 0 Å². The number of aryl methyl sites for hydroxylation is 1. The largest absolute Gasteiger partial charge is 0.337 e. The van der Waals surface area contributed by atoms with Gasteiger partial charge in [0.05, 0.1) is 6.04 Å². The van der Waals surface area contributed by atoms with E-state index in [1.54, 1.807) is 12.4 Å². The van der Waals surface area contributed by atoms with E-state index in [0.29, 0.717) is 18.3 Å². The number of hydrogen-bond donors (Lipinski definition) is 1. The van der Waals surface area contributed by atoms with Crippen molar-refractivity contribution < 1.29 is 4.52 Å². The number of nitrogens with zero attached hydrogens (tertiary/aromatic N) is 5. The van der Waals surface area contributed by atoms with E-state index < -0.39 is 0 Å². The fourth-order valence-corrected chi connectivity index (χ4v) is 2.77. The van der Waals surface area contributed by atoms with E-state index in [1.807, 2.05) is 43.6 Å². The molecule has 0 bridgehead atoms. The molecular formula is C21H20N6O. The van der Waals surface area contributed by atoms with Gasteiger partial charge in [0, 0.05) is 48.0 Å². The van der Waals surface area contributed by atoms with Crippen LogP contribution in [0.1, 0.15) is 30.0 Å². The molecule has 7 nitrogen and oxygen atoms in total. The van der Waals surface area contributed by atoms with Crippen LogP contribution in [0.15, 0.2) is 65.7 Å². The zero-order valence-electron chi connectivity index (χ0n) is 15.7. The number of benzene rings is 1. The first kappa shape index (κ1) is 17.9. The van der Waals surface area contributed by atoms with Crippen LogP contribution in [0.4, 0.5) is 0 Å². The lowest BCUT2D eigenvalue weighted by Crippen LogP contribution is -2.18. The highest BCUT2D eigenvalue weighted by Gasteiger charge is 2.15. The van der Waals surface area contributed by atoms with Gasteiger partial charge in [-0.1, -0.05) is 28.9 Å². The molecule has 0 radical (unpaired) electrons. The van der Waals surface area contributed by atoms with E-state index in [4.69, 9.17) is 4.52 Å². The summed E-state index contributed by atoms with van der Waals surface area (Å²) < 4.78 is 5.38.